The predicted octanol–water partition coefficient (Wildman–Crippen LogP) is 5.23. The SMILES string of the molecule is FC(F)(F)Sc1ccc(C#CC2CCCCC2)cc1. The summed E-state index contributed by atoms with van der Waals surface area (Å²) in [4.78, 5) is 0.204. The van der Waals surface area contributed by atoms with Crippen LogP contribution in [0, 0.1) is 17.8 Å². The van der Waals surface area contributed by atoms with Crippen molar-refractivity contribution in [3.63, 3.8) is 0 Å². The number of benzene rings is 1. The van der Waals surface area contributed by atoms with Crippen LogP contribution < -0.4 is 0 Å². The van der Waals surface area contributed by atoms with E-state index in [0.29, 0.717) is 5.92 Å². The lowest BCUT2D eigenvalue weighted by Crippen LogP contribution is -2.03. The van der Waals surface area contributed by atoms with Crippen molar-refractivity contribution in [3.05, 3.63) is 29.8 Å². The average Bonchev–Trinajstić information content (AvgIpc) is 2.37. The largest absolute Gasteiger partial charge is 0.446 e. The third kappa shape index (κ3) is 5.20. The van der Waals surface area contributed by atoms with Crippen molar-refractivity contribution >= 4 is 11.8 Å². The molecule has 4 heteroatoms. The lowest BCUT2D eigenvalue weighted by atomic mass is 9.90. The molecule has 0 spiro atoms. The first-order valence-corrected chi connectivity index (χ1v) is 7.22. The van der Waals surface area contributed by atoms with E-state index in [9.17, 15) is 13.2 Å². The molecule has 0 radical (unpaired) electrons. The van der Waals surface area contributed by atoms with Gasteiger partial charge in [0.25, 0.3) is 0 Å². The average molecular weight is 284 g/mol. The monoisotopic (exact) mass is 284 g/mol. The summed E-state index contributed by atoms with van der Waals surface area (Å²) in [6.07, 6.45) is 6.06. The second-order valence-electron chi connectivity index (χ2n) is 4.68. The van der Waals surface area contributed by atoms with Gasteiger partial charge in [0, 0.05) is 16.4 Å². The van der Waals surface area contributed by atoms with Crippen LogP contribution in [-0.4, -0.2) is 5.51 Å². The zero-order chi connectivity index (χ0) is 13.7. The van der Waals surface area contributed by atoms with E-state index in [1.54, 1.807) is 12.1 Å². The summed E-state index contributed by atoms with van der Waals surface area (Å²) < 4.78 is 36.5. The molecular formula is C15H15F3S. The smallest absolute Gasteiger partial charge is 0.160 e. The van der Waals surface area contributed by atoms with Gasteiger partial charge in [0.15, 0.2) is 0 Å². The molecule has 1 aliphatic carbocycles. The lowest BCUT2D eigenvalue weighted by molar-refractivity contribution is -0.0328. The van der Waals surface area contributed by atoms with E-state index in [0.717, 1.165) is 18.4 Å². The minimum atomic E-state index is -4.23. The van der Waals surface area contributed by atoms with E-state index in [-0.39, 0.29) is 16.7 Å². The second-order valence-corrected chi connectivity index (χ2v) is 5.81. The number of rotatable bonds is 1. The van der Waals surface area contributed by atoms with Crippen molar-refractivity contribution in [1.29, 1.82) is 0 Å². The quantitative estimate of drug-likeness (QED) is 0.502. The van der Waals surface area contributed by atoms with Crippen LogP contribution in [0.15, 0.2) is 29.2 Å². The second kappa shape index (κ2) is 6.38. The number of alkyl halides is 3. The lowest BCUT2D eigenvalue weighted by Gasteiger charge is -2.15. The van der Waals surface area contributed by atoms with Crippen LogP contribution in [0.25, 0.3) is 0 Å². The van der Waals surface area contributed by atoms with Crippen LogP contribution in [0.2, 0.25) is 0 Å². The molecular weight excluding hydrogens is 269 g/mol. The summed E-state index contributed by atoms with van der Waals surface area (Å²) in [5.74, 6) is 6.75. The molecule has 0 heterocycles. The van der Waals surface area contributed by atoms with E-state index < -0.39 is 5.51 Å². The molecule has 1 saturated carbocycles. The van der Waals surface area contributed by atoms with Gasteiger partial charge in [-0.25, -0.2) is 0 Å². The van der Waals surface area contributed by atoms with Crippen LogP contribution in [-0.2, 0) is 0 Å². The van der Waals surface area contributed by atoms with Gasteiger partial charge in [-0.2, -0.15) is 13.2 Å². The summed E-state index contributed by atoms with van der Waals surface area (Å²) in [6, 6.07) is 6.26. The Morgan fingerprint density at radius 2 is 1.63 bits per heavy atom. The fourth-order valence-electron chi connectivity index (χ4n) is 2.17. The molecule has 0 N–H and O–H groups in total. The fraction of sp³-hybridized carbons (Fsp3) is 0.467. The van der Waals surface area contributed by atoms with Crippen LogP contribution in [0.3, 0.4) is 0 Å². The van der Waals surface area contributed by atoms with Gasteiger partial charge in [-0.05, 0) is 48.9 Å². The summed E-state index contributed by atoms with van der Waals surface area (Å²) in [5.41, 5.74) is -3.44. The van der Waals surface area contributed by atoms with Crippen molar-refractivity contribution < 1.29 is 13.2 Å². The highest BCUT2D eigenvalue weighted by Crippen LogP contribution is 2.36. The van der Waals surface area contributed by atoms with Gasteiger partial charge >= 0.3 is 5.51 Å². The van der Waals surface area contributed by atoms with Gasteiger partial charge in [-0.15, -0.1) is 0 Å². The van der Waals surface area contributed by atoms with Crippen molar-refractivity contribution in [3.8, 4) is 11.8 Å². The number of hydrogen-bond acceptors (Lipinski definition) is 1. The molecule has 0 unspecified atom stereocenters. The molecule has 0 nitrogen and oxygen atoms in total. The van der Waals surface area contributed by atoms with E-state index in [4.69, 9.17) is 0 Å². The summed E-state index contributed by atoms with van der Waals surface area (Å²) in [5, 5.41) is 0. The molecule has 1 aromatic carbocycles. The molecule has 19 heavy (non-hydrogen) atoms. The summed E-state index contributed by atoms with van der Waals surface area (Å²) in [7, 11) is 0. The maximum atomic E-state index is 12.2. The van der Waals surface area contributed by atoms with Crippen molar-refractivity contribution in [2.75, 3.05) is 0 Å². The fourth-order valence-corrected chi connectivity index (χ4v) is 2.71. The molecule has 1 aromatic rings. The van der Waals surface area contributed by atoms with Gasteiger partial charge in [0.2, 0.25) is 0 Å². The molecule has 0 atom stereocenters. The van der Waals surface area contributed by atoms with Gasteiger partial charge in [0.1, 0.15) is 0 Å². The minimum Gasteiger partial charge on any atom is -0.160 e. The van der Waals surface area contributed by atoms with E-state index >= 15 is 0 Å². The maximum Gasteiger partial charge on any atom is 0.446 e. The molecule has 0 bridgehead atoms. The first kappa shape index (κ1) is 14.3. The van der Waals surface area contributed by atoms with Crippen LogP contribution >= 0.6 is 11.8 Å². The Balaban J connectivity index is 1.96. The van der Waals surface area contributed by atoms with E-state index in [1.165, 1.54) is 31.4 Å². The number of halogens is 3. The predicted molar refractivity (Wildman–Crippen MR) is 71.8 cm³/mol. The Morgan fingerprint density at radius 1 is 1.00 bits per heavy atom. The third-order valence-electron chi connectivity index (χ3n) is 3.11. The Morgan fingerprint density at radius 3 is 2.21 bits per heavy atom. The van der Waals surface area contributed by atoms with E-state index in [1.807, 2.05) is 0 Å². The van der Waals surface area contributed by atoms with Gasteiger partial charge in [-0.3, -0.25) is 0 Å². The molecule has 102 valence electrons. The Hall–Kier alpha value is -1.08. The Kier molecular flexibility index (Phi) is 4.81. The van der Waals surface area contributed by atoms with Crippen LogP contribution in [0.4, 0.5) is 13.2 Å². The van der Waals surface area contributed by atoms with Crippen molar-refractivity contribution in [2.45, 2.75) is 42.5 Å². The van der Waals surface area contributed by atoms with Crippen LogP contribution in [0.1, 0.15) is 37.7 Å². The summed E-state index contributed by atoms with van der Waals surface area (Å²) >= 11 is -0.0926. The Bertz CT molecular complexity index is 459. The normalized spacial score (nSPS) is 16.8. The number of thioether (sulfide) groups is 1. The third-order valence-corrected chi connectivity index (χ3v) is 3.85. The number of hydrogen-bond donors (Lipinski definition) is 0. The first-order chi connectivity index (χ1) is 9.03. The highest BCUT2D eigenvalue weighted by Gasteiger charge is 2.28. The maximum absolute atomic E-state index is 12.2. The van der Waals surface area contributed by atoms with Crippen molar-refractivity contribution in [2.24, 2.45) is 5.92 Å². The molecule has 0 saturated heterocycles. The zero-order valence-corrected chi connectivity index (χ0v) is 11.3. The van der Waals surface area contributed by atoms with Gasteiger partial charge in [-0.1, -0.05) is 31.1 Å². The molecule has 1 fully saturated rings. The summed E-state index contributed by atoms with van der Waals surface area (Å²) in [6.45, 7) is 0. The topological polar surface area (TPSA) is 0 Å². The molecule has 1 aliphatic rings. The van der Waals surface area contributed by atoms with Crippen molar-refractivity contribution in [1.82, 2.24) is 0 Å². The molecule has 0 aliphatic heterocycles. The highest BCUT2D eigenvalue weighted by molar-refractivity contribution is 8.00. The molecule has 0 amide bonds. The van der Waals surface area contributed by atoms with E-state index in [2.05, 4.69) is 11.8 Å². The first-order valence-electron chi connectivity index (χ1n) is 6.40. The van der Waals surface area contributed by atoms with Crippen LogP contribution in [0.5, 0.6) is 0 Å². The molecule has 2 rings (SSSR count). The van der Waals surface area contributed by atoms with Gasteiger partial charge in [0.05, 0.1) is 0 Å². The van der Waals surface area contributed by atoms with Gasteiger partial charge < -0.3 is 0 Å². The highest BCUT2D eigenvalue weighted by atomic mass is 32.2. The zero-order valence-electron chi connectivity index (χ0n) is 10.5. The Labute approximate surface area is 115 Å². The standard InChI is InChI=1S/C15H15F3S/c16-15(17,18)19-14-10-8-13(9-11-14)7-6-12-4-2-1-3-5-12/h8-12H,1-5H2. The minimum absolute atomic E-state index is 0.0926. The molecule has 0 aromatic heterocycles.